The lowest BCUT2D eigenvalue weighted by Gasteiger charge is -2.26. The van der Waals surface area contributed by atoms with E-state index >= 15 is 0 Å². The van der Waals surface area contributed by atoms with Crippen LogP contribution in [0, 0.1) is 11.3 Å². The van der Waals surface area contributed by atoms with Gasteiger partial charge in [-0.25, -0.2) is 0 Å². The van der Waals surface area contributed by atoms with E-state index in [1.807, 2.05) is 0 Å². The van der Waals surface area contributed by atoms with E-state index < -0.39 is 17.3 Å². The summed E-state index contributed by atoms with van der Waals surface area (Å²) in [7, 11) is 0. The highest BCUT2D eigenvalue weighted by atomic mass is 16.5. The maximum atomic E-state index is 12.0. The van der Waals surface area contributed by atoms with Crippen LogP contribution in [0.25, 0.3) is 0 Å². The third-order valence-corrected chi connectivity index (χ3v) is 3.39. The summed E-state index contributed by atoms with van der Waals surface area (Å²) in [6, 6.07) is -0.340. The standard InChI is InChI=1S/C11H20N2O4/c1-3-7(9(14)15)4-13-10(16)11(2)6-17-5-8(11)12/h7-8H,3-6,12H2,1-2H3,(H,13,16)(H,14,15). The number of hydrogen-bond acceptors (Lipinski definition) is 4. The Bertz CT molecular complexity index is 308. The zero-order chi connectivity index (χ0) is 13.1. The number of carbonyl (C=O) groups is 2. The minimum absolute atomic E-state index is 0.132. The molecule has 1 rings (SSSR count). The number of nitrogens with two attached hydrogens (primary N) is 1. The van der Waals surface area contributed by atoms with Crippen LogP contribution in [-0.2, 0) is 14.3 Å². The second-order valence-electron chi connectivity index (χ2n) is 4.69. The monoisotopic (exact) mass is 244 g/mol. The van der Waals surface area contributed by atoms with Crippen molar-refractivity contribution < 1.29 is 19.4 Å². The molecule has 0 aromatic heterocycles. The molecule has 0 aromatic carbocycles. The summed E-state index contributed by atoms with van der Waals surface area (Å²) in [5, 5.41) is 11.5. The van der Waals surface area contributed by atoms with Crippen molar-refractivity contribution in [3.63, 3.8) is 0 Å². The Hall–Kier alpha value is -1.14. The fourth-order valence-electron chi connectivity index (χ4n) is 1.75. The van der Waals surface area contributed by atoms with Gasteiger partial charge < -0.3 is 20.9 Å². The number of nitrogens with one attached hydrogen (secondary N) is 1. The topological polar surface area (TPSA) is 102 Å². The molecule has 4 N–H and O–H groups in total. The first kappa shape index (κ1) is 13.9. The van der Waals surface area contributed by atoms with E-state index in [2.05, 4.69) is 5.32 Å². The average Bonchev–Trinajstić information content (AvgIpc) is 2.60. The lowest BCUT2D eigenvalue weighted by atomic mass is 9.84. The predicted molar refractivity (Wildman–Crippen MR) is 61.3 cm³/mol. The molecular formula is C11H20N2O4. The zero-order valence-electron chi connectivity index (χ0n) is 10.2. The van der Waals surface area contributed by atoms with Gasteiger partial charge in [-0.2, -0.15) is 0 Å². The molecule has 98 valence electrons. The minimum Gasteiger partial charge on any atom is -0.481 e. The van der Waals surface area contributed by atoms with Gasteiger partial charge in [-0.05, 0) is 13.3 Å². The first-order chi connectivity index (χ1) is 7.91. The van der Waals surface area contributed by atoms with Crippen LogP contribution in [0.1, 0.15) is 20.3 Å². The van der Waals surface area contributed by atoms with Gasteiger partial charge in [-0.3, -0.25) is 9.59 Å². The molecular weight excluding hydrogens is 224 g/mol. The largest absolute Gasteiger partial charge is 0.481 e. The van der Waals surface area contributed by atoms with Crippen molar-refractivity contribution in [2.45, 2.75) is 26.3 Å². The van der Waals surface area contributed by atoms with Crippen LogP contribution in [0.5, 0.6) is 0 Å². The number of rotatable bonds is 5. The molecule has 3 atom stereocenters. The van der Waals surface area contributed by atoms with Crippen molar-refractivity contribution in [2.24, 2.45) is 17.1 Å². The second-order valence-corrected chi connectivity index (χ2v) is 4.69. The summed E-state index contributed by atoms with van der Waals surface area (Å²) in [6.07, 6.45) is 0.481. The van der Waals surface area contributed by atoms with E-state index in [1.165, 1.54) is 0 Å². The summed E-state index contributed by atoms with van der Waals surface area (Å²) >= 11 is 0. The van der Waals surface area contributed by atoms with Crippen LogP contribution in [0.3, 0.4) is 0 Å². The molecule has 3 unspecified atom stereocenters. The summed E-state index contributed by atoms with van der Waals surface area (Å²) in [5.74, 6) is -1.69. The first-order valence-electron chi connectivity index (χ1n) is 5.76. The number of aliphatic carboxylic acids is 1. The smallest absolute Gasteiger partial charge is 0.308 e. The van der Waals surface area contributed by atoms with E-state index in [1.54, 1.807) is 13.8 Å². The maximum Gasteiger partial charge on any atom is 0.308 e. The van der Waals surface area contributed by atoms with Crippen molar-refractivity contribution in [1.29, 1.82) is 0 Å². The fourth-order valence-corrected chi connectivity index (χ4v) is 1.75. The van der Waals surface area contributed by atoms with Crippen LogP contribution in [-0.4, -0.2) is 42.8 Å². The quantitative estimate of drug-likeness (QED) is 0.609. The van der Waals surface area contributed by atoms with Gasteiger partial charge in [-0.15, -0.1) is 0 Å². The first-order valence-corrected chi connectivity index (χ1v) is 5.76. The summed E-state index contributed by atoms with van der Waals surface area (Å²) in [4.78, 5) is 22.8. The van der Waals surface area contributed by atoms with Gasteiger partial charge in [0.05, 0.1) is 24.5 Å². The van der Waals surface area contributed by atoms with Gasteiger partial charge in [0.25, 0.3) is 0 Å². The summed E-state index contributed by atoms with van der Waals surface area (Å²) < 4.78 is 5.17. The molecule has 0 aromatic rings. The van der Waals surface area contributed by atoms with Gasteiger partial charge in [0.1, 0.15) is 0 Å². The third kappa shape index (κ3) is 2.95. The van der Waals surface area contributed by atoms with Crippen molar-refractivity contribution in [3.8, 4) is 0 Å². The van der Waals surface area contributed by atoms with Gasteiger partial charge in [-0.1, -0.05) is 6.92 Å². The van der Waals surface area contributed by atoms with Gasteiger partial charge >= 0.3 is 5.97 Å². The Morgan fingerprint density at radius 1 is 1.65 bits per heavy atom. The SMILES string of the molecule is CCC(CNC(=O)C1(C)COCC1N)C(=O)O. The highest BCUT2D eigenvalue weighted by Crippen LogP contribution is 2.27. The van der Waals surface area contributed by atoms with Crippen LogP contribution in [0.2, 0.25) is 0 Å². The molecule has 1 heterocycles. The molecule has 17 heavy (non-hydrogen) atoms. The Kier molecular flexibility index (Phi) is 4.47. The van der Waals surface area contributed by atoms with Gasteiger partial charge in [0.15, 0.2) is 0 Å². The normalized spacial score (nSPS) is 29.9. The summed E-state index contributed by atoms with van der Waals surface area (Å²) in [5.41, 5.74) is 5.06. The van der Waals surface area contributed by atoms with E-state index in [0.717, 1.165) is 0 Å². The Balaban J connectivity index is 2.52. The number of amides is 1. The van der Waals surface area contributed by atoms with Gasteiger partial charge in [0, 0.05) is 12.6 Å². The van der Waals surface area contributed by atoms with Crippen LogP contribution >= 0.6 is 0 Å². The lowest BCUT2D eigenvalue weighted by molar-refractivity contribution is -0.142. The van der Waals surface area contributed by atoms with E-state index in [0.29, 0.717) is 13.0 Å². The van der Waals surface area contributed by atoms with E-state index in [-0.39, 0.29) is 25.1 Å². The molecule has 6 nitrogen and oxygen atoms in total. The van der Waals surface area contributed by atoms with Crippen LogP contribution in [0.4, 0.5) is 0 Å². The van der Waals surface area contributed by atoms with Crippen molar-refractivity contribution >= 4 is 11.9 Å². The fraction of sp³-hybridized carbons (Fsp3) is 0.818. The molecule has 6 heteroatoms. The number of hydrogen-bond donors (Lipinski definition) is 3. The molecule has 1 fully saturated rings. The highest BCUT2D eigenvalue weighted by molar-refractivity contribution is 5.84. The molecule has 1 aliphatic heterocycles. The molecule has 1 aliphatic rings. The van der Waals surface area contributed by atoms with Gasteiger partial charge in [0.2, 0.25) is 5.91 Å². The number of ether oxygens (including phenoxy) is 1. The zero-order valence-corrected chi connectivity index (χ0v) is 10.2. The second kappa shape index (κ2) is 5.46. The molecule has 0 radical (unpaired) electrons. The summed E-state index contributed by atoms with van der Waals surface area (Å²) in [6.45, 7) is 4.29. The van der Waals surface area contributed by atoms with Crippen LogP contribution in [0.15, 0.2) is 0 Å². The highest BCUT2D eigenvalue weighted by Gasteiger charge is 2.44. The Morgan fingerprint density at radius 3 is 2.71 bits per heavy atom. The molecule has 1 amide bonds. The van der Waals surface area contributed by atoms with E-state index in [9.17, 15) is 9.59 Å². The molecule has 0 aliphatic carbocycles. The number of carboxylic acids is 1. The Morgan fingerprint density at radius 2 is 2.29 bits per heavy atom. The molecule has 0 bridgehead atoms. The lowest BCUT2D eigenvalue weighted by Crippen LogP contribution is -2.51. The predicted octanol–water partition coefficient (Wildman–Crippen LogP) is -0.423. The maximum absolute atomic E-state index is 12.0. The number of carbonyl (C=O) groups excluding carboxylic acids is 1. The molecule has 0 spiro atoms. The minimum atomic E-state index is -0.898. The van der Waals surface area contributed by atoms with Crippen LogP contribution < -0.4 is 11.1 Å². The molecule has 0 saturated carbocycles. The van der Waals surface area contributed by atoms with Crippen molar-refractivity contribution in [1.82, 2.24) is 5.32 Å². The number of carboxylic acid groups (broad SMARTS) is 1. The molecule has 1 saturated heterocycles. The van der Waals surface area contributed by atoms with E-state index in [4.69, 9.17) is 15.6 Å². The third-order valence-electron chi connectivity index (χ3n) is 3.39. The van der Waals surface area contributed by atoms with Crippen molar-refractivity contribution in [2.75, 3.05) is 19.8 Å². The Labute approximate surface area is 101 Å². The average molecular weight is 244 g/mol. The van der Waals surface area contributed by atoms with Crippen molar-refractivity contribution in [3.05, 3.63) is 0 Å².